The van der Waals surface area contributed by atoms with E-state index in [0.29, 0.717) is 17.5 Å². The summed E-state index contributed by atoms with van der Waals surface area (Å²) in [6.45, 7) is 3.57. The van der Waals surface area contributed by atoms with E-state index >= 15 is 0 Å². The number of rotatable bonds is 6. The first-order chi connectivity index (χ1) is 9.90. The van der Waals surface area contributed by atoms with Crippen LogP contribution in [0.1, 0.15) is 19.7 Å². The Morgan fingerprint density at radius 1 is 1.43 bits per heavy atom. The smallest absolute Gasteiger partial charge is 0.321 e. The third kappa shape index (κ3) is 3.83. The Labute approximate surface area is 126 Å². The molecule has 0 bridgehead atoms. The molecule has 0 saturated carbocycles. The summed E-state index contributed by atoms with van der Waals surface area (Å²) in [6, 6.07) is 8.54. The van der Waals surface area contributed by atoms with Crippen LogP contribution in [0.5, 0.6) is 0 Å². The topological polar surface area (TPSA) is 102 Å². The van der Waals surface area contributed by atoms with Crippen molar-refractivity contribution in [2.45, 2.75) is 30.4 Å². The number of hydrogen-bond donors (Lipinski definition) is 2. The molecule has 21 heavy (non-hydrogen) atoms. The summed E-state index contributed by atoms with van der Waals surface area (Å²) in [5.41, 5.74) is 6.54. The lowest BCUT2D eigenvalue weighted by Crippen LogP contribution is -2.46. The van der Waals surface area contributed by atoms with Gasteiger partial charge in [0.2, 0.25) is 11.7 Å². The molecule has 112 valence electrons. The summed E-state index contributed by atoms with van der Waals surface area (Å²) in [5, 5.41) is 12.9. The van der Waals surface area contributed by atoms with Crippen molar-refractivity contribution in [3.05, 3.63) is 36.2 Å². The van der Waals surface area contributed by atoms with Gasteiger partial charge in [-0.1, -0.05) is 35.5 Å². The van der Waals surface area contributed by atoms with E-state index < -0.39 is 16.8 Å². The van der Waals surface area contributed by atoms with Gasteiger partial charge >= 0.3 is 5.97 Å². The summed E-state index contributed by atoms with van der Waals surface area (Å²) in [5.74, 6) is 0.354. The Morgan fingerprint density at radius 2 is 2.10 bits per heavy atom. The number of thioether (sulfide) groups is 1. The van der Waals surface area contributed by atoms with Crippen molar-refractivity contribution in [2.75, 3.05) is 0 Å². The second-order valence-corrected chi connectivity index (χ2v) is 6.72. The average Bonchev–Trinajstić information content (AvgIpc) is 2.94. The molecule has 0 fully saturated rings. The Hall–Kier alpha value is -1.86. The van der Waals surface area contributed by atoms with Crippen molar-refractivity contribution in [2.24, 2.45) is 5.73 Å². The molecule has 0 spiro atoms. The van der Waals surface area contributed by atoms with E-state index in [4.69, 9.17) is 15.4 Å². The number of aliphatic carboxylic acids is 1. The molecule has 2 rings (SSSR count). The summed E-state index contributed by atoms with van der Waals surface area (Å²) in [6.07, 6.45) is 0. The molecule has 1 aromatic carbocycles. The maximum atomic E-state index is 11.0. The minimum Gasteiger partial charge on any atom is -0.480 e. The zero-order valence-corrected chi connectivity index (χ0v) is 12.6. The van der Waals surface area contributed by atoms with Crippen LogP contribution in [-0.2, 0) is 10.5 Å². The number of carboxylic acids is 1. The van der Waals surface area contributed by atoms with E-state index in [1.54, 1.807) is 13.8 Å². The van der Waals surface area contributed by atoms with Gasteiger partial charge in [-0.3, -0.25) is 4.79 Å². The van der Waals surface area contributed by atoms with Crippen molar-refractivity contribution in [3.8, 4) is 11.4 Å². The van der Waals surface area contributed by atoms with Crippen molar-refractivity contribution in [1.82, 2.24) is 10.1 Å². The molecule has 0 aliphatic rings. The molecule has 0 amide bonds. The normalized spacial score (nSPS) is 13.1. The Kier molecular flexibility index (Phi) is 4.64. The van der Waals surface area contributed by atoms with Crippen LogP contribution >= 0.6 is 11.8 Å². The van der Waals surface area contributed by atoms with Crippen LogP contribution in [0.3, 0.4) is 0 Å². The molecule has 6 nitrogen and oxygen atoms in total. The fourth-order valence-electron chi connectivity index (χ4n) is 1.65. The molecule has 3 N–H and O–H groups in total. The molecule has 0 radical (unpaired) electrons. The Morgan fingerprint density at radius 3 is 2.71 bits per heavy atom. The molecular weight excluding hydrogens is 290 g/mol. The zero-order chi connectivity index (χ0) is 15.5. The second kappa shape index (κ2) is 6.28. The molecule has 0 saturated heterocycles. The van der Waals surface area contributed by atoms with Crippen molar-refractivity contribution >= 4 is 17.7 Å². The lowest BCUT2D eigenvalue weighted by molar-refractivity contribution is -0.139. The van der Waals surface area contributed by atoms with Gasteiger partial charge in [0.05, 0.1) is 5.75 Å². The largest absolute Gasteiger partial charge is 0.480 e. The molecule has 0 unspecified atom stereocenters. The monoisotopic (exact) mass is 307 g/mol. The molecule has 0 aliphatic heterocycles. The molecule has 1 atom stereocenters. The maximum absolute atomic E-state index is 11.0. The van der Waals surface area contributed by atoms with Crippen LogP contribution in [0.25, 0.3) is 11.4 Å². The summed E-state index contributed by atoms with van der Waals surface area (Å²) in [7, 11) is 0. The van der Waals surface area contributed by atoms with Gasteiger partial charge in [0.1, 0.15) is 6.04 Å². The average molecular weight is 307 g/mol. The summed E-state index contributed by atoms with van der Waals surface area (Å²) >= 11 is 1.37. The highest BCUT2D eigenvalue weighted by Crippen LogP contribution is 2.30. The van der Waals surface area contributed by atoms with Crippen molar-refractivity contribution in [3.63, 3.8) is 0 Å². The first kappa shape index (κ1) is 15.5. The molecule has 0 aliphatic carbocycles. The maximum Gasteiger partial charge on any atom is 0.321 e. The standard InChI is InChI=1S/C14H17N3O3S/c1-14(2,11(15)13(18)19)21-8-10-16-12(17-20-10)9-6-4-3-5-7-9/h3-7,11H,8,15H2,1-2H3,(H,18,19)/t11-/m0/s1. The number of carbonyl (C=O) groups is 1. The SMILES string of the molecule is CC(C)(SCc1nc(-c2ccccc2)no1)[C@@H](N)C(=O)O. The molecule has 7 heteroatoms. The van der Waals surface area contributed by atoms with Gasteiger partial charge in [0.15, 0.2) is 0 Å². The quantitative estimate of drug-likeness (QED) is 0.843. The van der Waals surface area contributed by atoms with Crippen LogP contribution in [0, 0.1) is 0 Å². The van der Waals surface area contributed by atoms with E-state index in [9.17, 15) is 4.79 Å². The van der Waals surface area contributed by atoms with E-state index in [-0.39, 0.29) is 0 Å². The number of hydrogen-bond acceptors (Lipinski definition) is 6. The third-order valence-electron chi connectivity index (χ3n) is 3.08. The lowest BCUT2D eigenvalue weighted by atomic mass is 10.1. The van der Waals surface area contributed by atoms with Crippen LogP contribution in [0.15, 0.2) is 34.9 Å². The lowest BCUT2D eigenvalue weighted by Gasteiger charge is -2.27. The van der Waals surface area contributed by atoms with Gasteiger partial charge in [0, 0.05) is 10.3 Å². The fourth-order valence-corrected chi connectivity index (χ4v) is 2.55. The third-order valence-corrected chi connectivity index (χ3v) is 4.47. The van der Waals surface area contributed by atoms with E-state index in [0.717, 1.165) is 5.56 Å². The van der Waals surface area contributed by atoms with E-state index in [2.05, 4.69) is 10.1 Å². The van der Waals surface area contributed by atoms with Gasteiger partial charge < -0.3 is 15.4 Å². The highest BCUT2D eigenvalue weighted by atomic mass is 32.2. The van der Waals surface area contributed by atoms with Gasteiger partial charge in [-0.2, -0.15) is 4.98 Å². The highest BCUT2D eigenvalue weighted by molar-refractivity contribution is 7.99. The number of aromatic nitrogens is 2. The highest BCUT2D eigenvalue weighted by Gasteiger charge is 2.33. The molecule has 1 heterocycles. The number of benzene rings is 1. The zero-order valence-electron chi connectivity index (χ0n) is 11.8. The summed E-state index contributed by atoms with van der Waals surface area (Å²) < 4.78 is 4.55. The Bertz CT molecular complexity index is 613. The summed E-state index contributed by atoms with van der Waals surface area (Å²) in [4.78, 5) is 15.3. The van der Waals surface area contributed by atoms with Crippen molar-refractivity contribution in [1.29, 1.82) is 0 Å². The second-order valence-electron chi connectivity index (χ2n) is 5.09. The number of nitrogens with two attached hydrogens (primary N) is 1. The molecular formula is C14H17N3O3S. The number of carboxylic acid groups (broad SMARTS) is 1. The Balaban J connectivity index is 2.02. The van der Waals surface area contributed by atoms with Gasteiger partial charge in [-0.15, -0.1) is 11.8 Å². The molecule has 2 aromatic rings. The fraction of sp³-hybridized carbons (Fsp3) is 0.357. The minimum absolute atomic E-state index is 0.411. The minimum atomic E-state index is -1.02. The first-order valence-electron chi connectivity index (χ1n) is 6.40. The van der Waals surface area contributed by atoms with Crippen LogP contribution in [0.4, 0.5) is 0 Å². The van der Waals surface area contributed by atoms with Gasteiger partial charge in [-0.05, 0) is 13.8 Å². The first-order valence-corrected chi connectivity index (χ1v) is 7.39. The van der Waals surface area contributed by atoms with Gasteiger partial charge in [-0.25, -0.2) is 0 Å². The molecule has 1 aromatic heterocycles. The van der Waals surface area contributed by atoms with Crippen LogP contribution in [-0.4, -0.2) is 32.0 Å². The van der Waals surface area contributed by atoms with Crippen LogP contribution in [0.2, 0.25) is 0 Å². The number of nitrogens with zero attached hydrogens (tertiary/aromatic N) is 2. The van der Waals surface area contributed by atoms with E-state index in [1.807, 2.05) is 30.3 Å². The predicted molar refractivity (Wildman–Crippen MR) is 80.7 cm³/mol. The predicted octanol–water partition coefficient (Wildman–Crippen LogP) is 2.16. The van der Waals surface area contributed by atoms with Crippen LogP contribution < -0.4 is 5.73 Å². The van der Waals surface area contributed by atoms with Crippen molar-refractivity contribution < 1.29 is 14.4 Å². The van der Waals surface area contributed by atoms with Gasteiger partial charge in [0.25, 0.3) is 0 Å². The van der Waals surface area contributed by atoms with E-state index in [1.165, 1.54) is 11.8 Å².